The van der Waals surface area contributed by atoms with Crippen molar-refractivity contribution < 1.29 is 4.79 Å². The third-order valence-corrected chi connectivity index (χ3v) is 2.79. The van der Waals surface area contributed by atoms with Crippen LogP contribution in [0.3, 0.4) is 0 Å². The van der Waals surface area contributed by atoms with Gasteiger partial charge in [0.1, 0.15) is 0 Å². The van der Waals surface area contributed by atoms with E-state index in [1.165, 1.54) is 16.9 Å². The highest BCUT2D eigenvalue weighted by Gasteiger charge is 2.15. The molecule has 1 aliphatic carbocycles. The SMILES string of the molecule is O=C1NCC=CN1SC1=CC=CC1. The Morgan fingerprint density at radius 1 is 1.46 bits per heavy atom. The first kappa shape index (κ1) is 8.44. The molecule has 2 aliphatic rings. The number of rotatable bonds is 2. The molecule has 0 spiro atoms. The molecule has 2 rings (SSSR count). The molecule has 0 saturated heterocycles. The van der Waals surface area contributed by atoms with Crippen LogP contribution in [0, 0.1) is 0 Å². The average molecular weight is 194 g/mol. The van der Waals surface area contributed by atoms with Crippen LogP contribution in [0.25, 0.3) is 0 Å². The molecule has 0 aromatic heterocycles. The lowest BCUT2D eigenvalue weighted by Gasteiger charge is -2.20. The number of hydrogen-bond acceptors (Lipinski definition) is 2. The van der Waals surface area contributed by atoms with E-state index in [4.69, 9.17) is 0 Å². The Morgan fingerprint density at radius 2 is 2.38 bits per heavy atom. The van der Waals surface area contributed by atoms with Gasteiger partial charge in [-0.1, -0.05) is 18.2 Å². The van der Waals surface area contributed by atoms with E-state index in [1.807, 2.05) is 24.4 Å². The number of allylic oxidation sites excluding steroid dienone is 4. The van der Waals surface area contributed by atoms with Gasteiger partial charge >= 0.3 is 6.03 Å². The number of hydrogen-bond donors (Lipinski definition) is 1. The predicted molar refractivity (Wildman–Crippen MR) is 53.8 cm³/mol. The van der Waals surface area contributed by atoms with Gasteiger partial charge in [-0.2, -0.15) is 0 Å². The fraction of sp³-hybridized carbons (Fsp3) is 0.222. The lowest BCUT2D eigenvalue weighted by Crippen LogP contribution is -2.35. The second-order valence-corrected chi connectivity index (χ2v) is 3.85. The van der Waals surface area contributed by atoms with Crippen LogP contribution in [0.5, 0.6) is 0 Å². The van der Waals surface area contributed by atoms with Gasteiger partial charge in [0, 0.05) is 17.6 Å². The van der Waals surface area contributed by atoms with Crippen molar-refractivity contribution >= 4 is 18.0 Å². The summed E-state index contributed by atoms with van der Waals surface area (Å²) in [6.45, 7) is 0.632. The molecule has 0 radical (unpaired) electrons. The van der Waals surface area contributed by atoms with E-state index in [9.17, 15) is 4.79 Å². The topological polar surface area (TPSA) is 32.3 Å². The Hall–Kier alpha value is -1.16. The zero-order chi connectivity index (χ0) is 9.10. The van der Waals surface area contributed by atoms with E-state index in [2.05, 4.69) is 11.4 Å². The summed E-state index contributed by atoms with van der Waals surface area (Å²) in [6, 6.07) is -0.0414. The molecule has 3 nitrogen and oxygen atoms in total. The average Bonchev–Trinajstić information content (AvgIpc) is 2.61. The van der Waals surface area contributed by atoms with Gasteiger partial charge in [0.25, 0.3) is 0 Å². The standard InChI is InChI=1S/C9H10N2OS/c12-9-10-6-3-7-11(9)13-8-4-1-2-5-8/h1-4,7H,5-6H2,(H,10,12). The molecule has 1 N–H and O–H groups in total. The van der Waals surface area contributed by atoms with E-state index >= 15 is 0 Å². The van der Waals surface area contributed by atoms with Gasteiger partial charge in [0.05, 0.1) is 0 Å². The van der Waals surface area contributed by atoms with Crippen molar-refractivity contribution in [2.45, 2.75) is 6.42 Å². The second-order valence-electron chi connectivity index (χ2n) is 2.75. The van der Waals surface area contributed by atoms with E-state index < -0.39 is 0 Å². The summed E-state index contributed by atoms with van der Waals surface area (Å²) in [5, 5.41) is 2.74. The zero-order valence-electron chi connectivity index (χ0n) is 7.06. The van der Waals surface area contributed by atoms with Gasteiger partial charge in [0.15, 0.2) is 0 Å². The maximum Gasteiger partial charge on any atom is 0.332 e. The number of amides is 2. The largest absolute Gasteiger partial charge is 0.333 e. The van der Waals surface area contributed by atoms with Crippen LogP contribution in [0.2, 0.25) is 0 Å². The van der Waals surface area contributed by atoms with Gasteiger partial charge < -0.3 is 5.32 Å². The van der Waals surface area contributed by atoms with E-state index in [-0.39, 0.29) is 6.03 Å². The van der Waals surface area contributed by atoms with Crippen LogP contribution in [0.4, 0.5) is 4.79 Å². The van der Waals surface area contributed by atoms with Crippen molar-refractivity contribution in [3.05, 3.63) is 35.4 Å². The minimum Gasteiger partial charge on any atom is -0.333 e. The molecule has 0 bridgehead atoms. The molecule has 0 atom stereocenters. The highest BCUT2D eigenvalue weighted by Crippen LogP contribution is 2.28. The summed E-state index contributed by atoms with van der Waals surface area (Å²) in [5.41, 5.74) is 0. The Kier molecular flexibility index (Phi) is 2.40. The van der Waals surface area contributed by atoms with Crippen molar-refractivity contribution in [2.75, 3.05) is 6.54 Å². The highest BCUT2D eigenvalue weighted by molar-refractivity contribution is 8.01. The summed E-state index contributed by atoms with van der Waals surface area (Å²) < 4.78 is 1.61. The molecule has 4 heteroatoms. The molecule has 13 heavy (non-hydrogen) atoms. The van der Waals surface area contributed by atoms with Gasteiger partial charge in [-0.25, -0.2) is 9.10 Å². The molecule has 1 aliphatic heterocycles. The van der Waals surface area contributed by atoms with Crippen LogP contribution < -0.4 is 5.32 Å². The van der Waals surface area contributed by atoms with Crippen LogP contribution in [0.15, 0.2) is 35.4 Å². The summed E-state index contributed by atoms with van der Waals surface area (Å²) in [7, 11) is 0. The molecule has 1 heterocycles. The quantitative estimate of drug-likeness (QED) is 0.682. The van der Waals surface area contributed by atoms with Crippen molar-refractivity contribution in [3.8, 4) is 0 Å². The maximum absolute atomic E-state index is 11.3. The third kappa shape index (κ3) is 1.95. The van der Waals surface area contributed by atoms with Crippen molar-refractivity contribution in [1.29, 1.82) is 0 Å². The van der Waals surface area contributed by atoms with Gasteiger partial charge in [-0.3, -0.25) is 0 Å². The van der Waals surface area contributed by atoms with Gasteiger partial charge in [-0.15, -0.1) is 0 Å². The minimum absolute atomic E-state index is 0.0414. The molecule has 0 aromatic carbocycles. The Balaban J connectivity index is 1.97. The summed E-state index contributed by atoms with van der Waals surface area (Å²) in [6.07, 6.45) is 10.8. The van der Waals surface area contributed by atoms with E-state index in [0.29, 0.717) is 6.54 Å². The van der Waals surface area contributed by atoms with E-state index in [0.717, 1.165) is 6.42 Å². The normalized spacial score (nSPS) is 20.5. The molecular formula is C9H10N2OS. The first-order chi connectivity index (χ1) is 6.36. The molecule has 0 aromatic rings. The zero-order valence-corrected chi connectivity index (χ0v) is 7.88. The highest BCUT2D eigenvalue weighted by atomic mass is 32.2. The van der Waals surface area contributed by atoms with E-state index in [1.54, 1.807) is 4.31 Å². The maximum atomic E-state index is 11.3. The smallest absolute Gasteiger partial charge is 0.332 e. The number of carbonyl (C=O) groups excluding carboxylic acids is 1. The Bertz CT molecular complexity index is 307. The van der Waals surface area contributed by atoms with Gasteiger partial charge in [-0.05, 0) is 24.4 Å². The third-order valence-electron chi connectivity index (χ3n) is 1.76. The fourth-order valence-electron chi connectivity index (χ4n) is 1.13. The lowest BCUT2D eigenvalue weighted by atomic mass is 10.5. The number of carbonyl (C=O) groups is 1. The van der Waals surface area contributed by atoms with Crippen LogP contribution in [-0.2, 0) is 0 Å². The molecular weight excluding hydrogens is 184 g/mol. The number of nitrogens with one attached hydrogen (secondary N) is 1. The summed E-state index contributed by atoms with van der Waals surface area (Å²) in [4.78, 5) is 12.5. The lowest BCUT2D eigenvalue weighted by molar-refractivity contribution is 0.233. The summed E-state index contributed by atoms with van der Waals surface area (Å²) >= 11 is 1.47. The van der Waals surface area contributed by atoms with Crippen molar-refractivity contribution in [1.82, 2.24) is 9.62 Å². The molecule has 0 unspecified atom stereocenters. The molecule has 0 fully saturated rings. The minimum atomic E-state index is -0.0414. The second kappa shape index (κ2) is 3.70. The Morgan fingerprint density at radius 3 is 3.08 bits per heavy atom. The first-order valence-electron chi connectivity index (χ1n) is 4.13. The van der Waals surface area contributed by atoms with Gasteiger partial charge in [0.2, 0.25) is 0 Å². The summed E-state index contributed by atoms with van der Waals surface area (Å²) in [5.74, 6) is 0. The van der Waals surface area contributed by atoms with Crippen LogP contribution in [0.1, 0.15) is 6.42 Å². The monoisotopic (exact) mass is 194 g/mol. The first-order valence-corrected chi connectivity index (χ1v) is 4.91. The number of urea groups is 1. The molecule has 0 saturated carbocycles. The van der Waals surface area contributed by atoms with Crippen molar-refractivity contribution in [2.24, 2.45) is 0 Å². The molecule has 2 amide bonds. The number of nitrogens with zero attached hydrogens (tertiary/aromatic N) is 1. The fourth-order valence-corrected chi connectivity index (χ4v) is 1.99. The van der Waals surface area contributed by atoms with Crippen LogP contribution >= 0.6 is 11.9 Å². The Labute approximate surface area is 81.3 Å². The van der Waals surface area contributed by atoms with Crippen molar-refractivity contribution in [3.63, 3.8) is 0 Å². The van der Waals surface area contributed by atoms with Crippen LogP contribution in [-0.4, -0.2) is 16.9 Å². The predicted octanol–water partition coefficient (Wildman–Crippen LogP) is 2.02. The molecule has 68 valence electrons.